The lowest BCUT2D eigenvalue weighted by Gasteiger charge is -2.10. The van der Waals surface area contributed by atoms with Crippen LogP contribution in [0.3, 0.4) is 0 Å². The van der Waals surface area contributed by atoms with Crippen LogP contribution < -0.4 is 10.1 Å². The van der Waals surface area contributed by atoms with Crippen LogP contribution in [0.2, 0.25) is 0 Å². The number of furan rings is 1. The molecule has 0 spiro atoms. The number of non-ortho nitro benzene ring substituents is 1. The molecule has 0 aliphatic rings. The maximum absolute atomic E-state index is 12.3. The molecule has 3 rings (SSSR count). The first-order valence-corrected chi connectivity index (χ1v) is 7.73. The van der Waals surface area contributed by atoms with E-state index in [1.165, 1.54) is 48.5 Å². The number of carbonyl (C=O) groups excluding carboxylic acids is 1. The molecule has 0 radical (unpaired) electrons. The minimum atomic E-state index is -4.84. The number of nitro benzene ring substituents is 1. The fraction of sp³-hybridized carbons (Fsp3) is 0.0556. The van der Waals surface area contributed by atoms with Gasteiger partial charge >= 0.3 is 6.36 Å². The predicted molar refractivity (Wildman–Crippen MR) is 91.9 cm³/mol. The van der Waals surface area contributed by atoms with Crippen molar-refractivity contribution in [3.63, 3.8) is 0 Å². The number of nitro groups is 1. The number of nitrogens with zero attached hydrogens (tertiary/aromatic N) is 1. The third-order valence-corrected chi connectivity index (χ3v) is 3.52. The summed E-state index contributed by atoms with van der Waals surface area (Å²) in [4.78, 5) is 22.4. The number of ether oxygens (including phenoxy) is 1. The van der Waals surface area contributed by atoms with E-state index in [9.17, 15) is 28.1 Å². The van der Waals surface area contributed by atoms with Crippen LogP contribution in [0, 0.1) is 10.1 Å². The third-order valence-electron chi connectivity index (χ3n) is 3.52. The van der Waals surface area contributed by atoms with Crippen molar-refractivity contribution in [2.45, 2.75) is 6.36 Å². The molecule has 144 valence electrons. The summed E-state index contributed by atoms with van der Waals surface area (Å²) in [5, 5.41) is 13.1. The zero-order chi connectivity index (χ0) is 20.3. The zero-order valence-corrected chi connectivity index (χ0v) is 13.9. The van der Waals surface area contributed by atoms with Crippen molar-refractivity contribution < 1.29 is 32.0 Å². The number of amides is 1. The second kappa shape index (κ2) is 7.43. The number of benzene rings is 2. The number of halogens is 3. The highest BCUT2D eigenvalue weighted by Crippen LogP contribution is 2.27. The van der Waals surface area contributed by atoms with E-state index in [0.717, 1.165) is 12.1 Å². The maximum atomic E-state index is 12.3. The highest BCUT2D eigenvalue weighted by molar-refractivity contribution is 6.02. The average Bonchev–Trinajstić information content (AvgIpc) is 3.11. The third kappa shape index (κ3) is 4.67. The Kier molecular flexibility index (Phi) is 5.03. The van der Waals surface area contributed by atoms with Crippen LogP contribution in [0.1, 0.15) is 10.6 Å². The average molecular weight is 392 g/mol. The number of alkyl halides is 3. The van der Waals surface area contributed by atoms with E-state index in [1.807, 2.05) is 0 Å². The molecule has 1 N–H and O–H groups in total. The minimum absolute atomic E-state index is 0.0834. The van der Waals surface area contributed by atoms with Crippen LogP contribution in [0.4, 0.5) is 24.5 Å². The lowest BCUT2D eigenvalue weighted by Crippen LogP contribution is -2.17. The van der Waals surface area contributed by atoms with Crippen molar-refractivity contribution in [2.24, 2.45) is 0 Å². The molecule has 0 aliphatic heterocycles. The first-order valence-electron chi connectivity index (χ1n) is 7.73. The van der Waals surface area contributed by atoms with Crippen molar-refractivity contribution in [3.05, 3.63) is 76.5 Å². The standard InChI is InChI=1S/C18H11F3N2O5/c19-18(20,21)28-14-3-1-2-12(10-14)22-17(24)16-9-8-15(27-16)11-4-6-13(7-5-11)23(25)26/h1-10H,(H,22,24). The van der Waals surface area contributed by atoms with Crippen molar-refractivity contribution in [1.82, 2.24) is 0 Å². The predicted octanol–water partition coefficient (Wildman–Crippen LogP) is 5.01. The fourth-order valence-corrected chi connectivity index (χ4v) is 2.33. The first-order chi connectivity index (χ1) is 13.2. The van der Waals surface area contributed by atoms with Crippen LogP contribution in [-0.2, 0) is 0 Å². The van der Waals surface area contributed by atoms with Crippen molar-refractivity contribution in [1.29, 1.82) is 0 Å². The Labute approximate surface area is 155 Å². The lowest BCUT2D eigenvalue weighted by atomic mass is 10.1. The molecule has 1 aromatic heterocycles. The Balaban J connectivity index is 1.72. The second-order valence-corrected chi connectivity index (χ2v) is 5.50. The van der Waals surface area contributed by atoms with Crippen LogP contribution in [0.15, 0.2) is 65.1 Å². The summed E-state index contributed by atoms with van der Waals surface area (Å²) >= 11 is 0. The summed E-state index contributed by atoms with van der Waals surface area (Å²) in [5.74, 6) is -0.946. The van der Waals surface area contributed by atoms with Crippen molar-refractivity contribution in [2.75, 3.05) is 5.32 Å². The Morgan fingerprint density at radius 2 is 1.79 bits per heavy atom. The quantitative estimate of drug-likeness (QED) is 0.487. The van der Waals surface area contributed by atoms with Crippen LogP contribution >= 0.6 is 0 Å². The molecule has 3 aromatic rings. The molecule has 0 saturated carbocycles. The normalized spacial score (nSPS) is 11.1. The second-order valence-electron chi connectivity index (χ2n) is 5.50. The Hall–Kier alpha value is -3.82. The molecule has 2 aromatic carbocycles. The summed E-state index contributed by atoms with van der Waals surface area (Å²) in [5.41, 5.74) is 0.513. The number of rotatable bonds is 5. The van der Waals surface area contributed by atoms with Gasteiger partial charge in [0, 0.05) is 29.4 Å². The first kappa shape index (κ1) is 19.0. The van der Waals surface area contributed by atoms with Gasteiger partial charge in [-0.15, -0.1) is 13.2 Å². The summed E-state index contributed by atoms with van der Waals surface area (Å²) in [6.45, 7) is 0. The summed E-state index contributed by atoms with van der Waals surface area (Å²) in [6.07, 6.45) is -4.84. The van der Waals surface area contributed by atoms with Crippen LogP contribution in [0.25, 0.3) is 11.3 Å². The van der Waals surface area contributed by atoms with E-state index >= 15 is 0 Å². The van der Waals surface area contributed by atoms with Crippen LogP contribution in [0.5, 0.6) is 5.75 Å². The fourth-order valence-electron chi connectivity index (χ4n) is 2.33. The number of nitrogens with one attached hydrogen (secondary N) is 1. The van der Waals surface area contributed by atoms with Gasteiger partial charge in [-0.2, -0.15) is 0 Å². The van der Waals surface area contributed by atoms with Gasteiger partial charge in [0.25, 0.3) is 11.6 Å². The molecule has 10 heteroatoms. The van der Waals surface area contributed by atoms with E-state index in [1.54, 1.807) is 0 Å². The van der Waals surface area contributed by atoms with E-state index < -0.39 is 22.9 Å². The Bertz CT molecular complexity index is 1010. The van der Waals surface area contributed by atoms with Gasteiger partial charge in [-0.1, -0.05) is 6.07 Å². The van der Waals surface area contributed by atoms with Crippen molar-refractivity contribution in [3.8, 4) is 17.1 Å². The largest absolute Gasteiger partial charge is 0.573 e. The van der Waals surface area contributed by atoms with Gasteiger partial charge in [0.15, 0.2) is 5.76 Å². The highest BCUT2D eigenvalue weighted by Gasteiger charge is 2.31. The summed E-state index contributed by atoms with van der Waals surface area (Å²) < 4.78 is 46.0. The van der Waals surface area contributed by atoms with E-state index in [-0.39, 0.29) is 17.1 Å². The molecular formula is C18H11F3N2O5. The summed E-state index contributed by atoms with van der Waals surface area (Å²) in [7, 11) is 0. The lowest BCUT2D eigenvalue weighted by molar-refractivity contribution is -0.384. The van der Waals surface area contributed by atoms with Gasteiger partial charge in [0.2, 0.25) is 0 Å². The summed E-state index contributed by atoms with van der Waals surface area (Å²) in [6, 6.07) is 13.2. The van der Waals surface area contributed by atoms with E-state index in [2.05, 4.69) is 10.1 Å². The minimum Gasteiger partial charge on any atom is -0.451 e. The monoisotopic (exact) mass is 392 g/mol. The van der Waals surface area contributed by atoms with Gasteiger partial charge in [-0.3, -0.25) is 14.9 Å². The highest BCUT2D eigenvalue weighted by atomic mass is 19.4. The molecule has 0 fully saturated rings. The molecule has 28 heavy (non-hydrogen) atoms. The van der Waals surface area contributed by atoms with Gasteiger partial charge in [-0.05, 0) is 36.4 Å². The van der Waals surface area contributed by atoms with Gasteiger partial charge in [-0.25, -0.2) is 0 Å². The smallest absolute Gasteiger partial charge is 0.451 e. The Morgan fingerprint density at radius 3 is 2.43 bits per heavy atom. The number of carbonyl (C=O) groups is 1. The number of hydrogen-bond acceptors (Lipinski definition) is 5. The van der Waals surface area contributed by atoms with Gasteiger partial charge in [0.1, 0.15) is 11.5 Å². The molecule has 0 unspecified atom stereocenters. The van der Waals surface area contributed by atoms with Gasteiger partial charge in [0.05, 0.1) is 4.92 Å². The Morgan fingerprint density at radius 1 is 1.07 bits per heavy atom. The maximum Gasteiger partial charge on any atom is 0.573 e. The van der Waals surface area contributed by atoms with E-state index in [0.29, 0.717) is 11.3 Å². The molecule has 0 atom stereocenters. The zero-order valence-electron chi connectivity index (χ0n) is 13.9. The number of anilines is 1. The molecule has 1 amide bonds. The topological polar surface area (TPSA) is 94.6 Å². The van der Waals surface area contributed by atoms with E-state index in [4.69, 9.17) is 4.42 Å². The molecular weight excluding hydrogens is 381 g/mol. The SMILES string of the molecule is O=C(Nc1cccc(OC(F)(F)F)c1)c1ccc(-c2ccc([N+](=O)[O-])cc2)o1. The molecule has 0 bridgehead atoms. The number of hydrogen-bond donors (Lipinski definition) is 1. The molecule has 0 saturated heterocycles. The van der Waals surface area contributed by atoms with Crippen LogP contribution in [-0.4, -0.2) is 17.2 Å². The molecule has 1 heterocycles. The molecule has 0 aliphatic carbocycles. The molecule has 7 nitrogen and oxygen atoms in total. The van der Waals surface area contributed by atoms with Crippen molar-refractivity contribution >= 4 is 17.3 Å². The van der Waals surface area contributed by atoms with Gasteiger partial charge < -0.3 is 14.5 Å².